The van der Waals surface area contributed by atoms with Gasteiger partial charge < -0.3 is 19.4 Å². The molecule has 23 heavy (non-hydrogen) atoms. The Hall–Kier alpha value is -1.58. The van der Waals surface area contributed by atoms with Crippen LogP contribution in [0.15, 0.2) is 30.5 Å². The summed E-state index contributed by atoms with van der Waals surface area (Å²) in [4.78, 5) is 6.91. The number of pyridine rings is 1. The van der Waals surface area contributed by atoms with Crippen molar-refractivity contribution in [2.45, 2.75) is 19.3 Å². The average molecular weight is 490 g/mol. The van der Waals surface area contributed by atoms with E-state index in [-0.39, 0.29) is 20.1 Å². The number of piperidine rings is 1. The molecule has 0 amide bonds. The number of benzene rings is 1. The summed E-state index contributed by atoms with van der Waals surface area (Å²) in [6.07, 6.45) is 5.70. The van der Waals surface area contributed by atoms with E-state index in [4.69, 9.17) is 9.47 Å². The molecule has 5 heteroatoms. The predicted molar refractivity (Wildman–Crippen MR) is 87.7 cm³/mol. The van der Waals surface area contributed by atoms with Gasteiger partial charge in [-0.1, -0.05) is 17.7 Å². The van der Waals surface area contributed by atoms with Crippen molar-refractivity contribution in [1.29, 1.82) is 0 Å². The molecule has 1 aliphatic rings. The van der Waals surface area contributed by atoms with E-state index >= 15 is 0 Å². The Kier molecular flexibility index (Phi) is 6.43. The van der Waals surface area contributed by atoms with Crippen molar-refractivity contribution in [3.8, 4) is 22.8 Å². The monoisotopic (exact) mass is 490 g/mol. The van der Waals surface area contributed by atoms with Crippen molar-refractivity contribution in [2.24, 2.45) is 0 Å². The largest absolute Gasteiger partial charge is 0.540 e. The van der Waals surface area contributed by atoms with Crippen LogP contribution in [0.3, 0.4) is 0 Å². The van der Waals surface area contributed by atoms with Crippen molar-refractivity contribution < 1.29 is 29.6 Å². The minimum Gasteiger partial charge on any atom is -0.540 e. The molecule has 3 rings (SSSR count). The number of aromatic nitrogens is 1. The molecule has 125 valence electrons. The number of anilines is 1. The van der Waals surface area contributed by atoms with E-state index in [1.54, 1.807) is 14.2 Å². The van der Waals surface area contributed by atoms with Crippen molar-refractivity contribution in [1.82, 2.24) is 4.98 Å². The number of hydrogen-bond acceptors (Lipinski definition) is 4. The smallest absolute Gasteiger partial charge is 0.0647 e. The molecule has 4 nitrogen and oxygen atoms in total. The number of hydrogen-bond donors (Lipinski definition) is 0. The molecule has 0 atom stereocenters. The van der Waals surface area contributed by atoms with Crippen LogP contribution in [0.2, 0.25) is 0 Å². The van der Waals surface area contributed by atoms with E-state index in [9.17, 15) is 0 Å². The summed E-state index contributed by atoms with van der Waals surface area (Å²) in [6, 6.07) is 11.1. The Labute approximate surface area is 151 Å². The third-order valence-corrected chi connectivity index (χ3v) is 4.06. The Morgan fingerprint density at radius 2 is 1.87 bits per heavy atom. The maximum atomic E-state index is 5.46. The molecule has 1 saturated heterocycles. The van der Waals surface area contributed by atoms with E-state index in [0.29, 0.717) is 0 Å². The molecule has 0 unspecified atom stereocenters. The van der Waals surface area contributed by atoms with E-state index in [0.717, 1.165) is 35.8 Å². The third kappa shape index (κ3) is 4.04. The van der Waals surface area contributed by atoms with Crippen LogP contribution in [0.1, 0.15) is 19.3 Å². The van der Waals surface area contributed by atoms with Crippen molar-refractivity contribution >= 4 is 5.69 Å². The first-order valence-corrected chi connectivity index (χ1v) is 7.67. The Balaban J connectivity index is 0.00000192. The van der Waals surface area contributed by atoms with E-state index < -0.39 is 0 Å². The van der Waals surface area contributed by atoms with Crippen LogP contribution in [0.25, 0.3) is 11.3 Å². The quantitative estimate of drug-likeness (QED) is 0.616. The van der Waals surface area contributed by atoms with Gasteiger partial charge in [0.25, 0.3) is 0 Å². The molecule has 0 bridgehead atoms. The van der Waals surface area contributed by atoms with Crippen LogP contribution in [0.5, 0.6) is 11.5 Å². The zero-order valence-electron chi connectivity index (χ0n) is 13.5. The first kappa shape index (κ1) is 17.8. The first-order chi connectivity index (χ1) is 10.8. The van der Waals surface area contributed by atoms with Crippen molar-refractivity contribution in [3.63, 3.8) is 0 Å². The van der Waals surface area contributed by atoms with Crippen LogP contribution in [-0.4, -0.2) is 32.3 Å². The minimum atomic E-state index is 0. The second-order valence-corrected chi connectivity index (χ2v) is 5.43. The molecular weight excluding hydrogens is 468 g/mol. The van der Waals surface area contributed by atoms with Gasteiger partial charge in [0, 0.05) is 56.6 Å². The van der Waals surface area contributed by atoms with Gasteiger partial charge in [0.05, 0.1) is 14.2 Å². The molecule has 1 fully saturated rings. The summed E-state index contributed by atoms with van der Waals surface area (Å²) < 4.78 is 10.7. The summed E-state index contributed by atoms with van der Waals surface area (Å²) in [5, 5.41) is 0. The predicted octanol–water partition coefficient (Wildman–Crippen LogP) is 3.55. The van der Waals surface area contributed by atoms with Gasteiger partial charge in [-0.25, -0.2) is 0 Å². The first-order valence-electron chi connectivity index (χ1n) is 7.67. The standard InChI is InChI=1S/C18H21N2O2.Ir/c1-21-15-6-7-16(18(13-15)22-2)17-12-14(8-9-19-17)20-10-4-3-5-11-20;/h6,8-9,12-13H,3-5,10-11H2,1-2H3;/q-1;. The molecule has 2 aromatic rings. The van der Waals surface area contributed by atoms with E-state index in [2.05, 4.69) is 28.1 Å². The van der Waals surface area contributed by atoms with Gasteiger partial charge in [-0.05, 0) is 31.0 Å². The van der Waals surface area contributed by atoms with Gasteiger partial charge >= 0.3 is 0 Å². The van der Waals surface area contributed by atoms with E-state index in [1.165, 1.54) is 24.9 Å². The number of ether oxygens (including phenoxy) is 2. The molecule has 0 saturated carbocycles. The maximum absolute atomic E-state index is 5.46. The summed E-state index contributed by atoms with van der Waals surface area (Å²) in [5.74, 6) is 1.45. The van der Waals surface area contributed by atoms with E-state index in [1.807, 2.05) is 18.3 Å². The molecule has 0 aliphatic carbocycles. The van der Waals surface area contributed by atoms with Gasteiger partial charge in [0.15, 0.2) is 0 Å². The molecule has 1 aromatic carbocycles. The minimum absolute atomic E-state index is 0. The maximum Gasteiger partial charge on any atom is 0.0647 e. The fraction of sp³-hybridized carbons (Fsp3) is 0.389. The third-order valence-electron chi connectivity index (χ3n) is 4.06. The molecule has 0 N–H and O–H groups in total. The molecule has 1 radical (unpaired) electrons. The second kappa shape index (κ2) is 8.32. The second-order valence-electron chi connectivity index (χ2n) is 5.43. The molecule has 2 heterocycles. The zero-order valence-corrected chi connectivity index (χ0v) is 15.9. The fourth-order valence-electron chi connectivity index (χ4n) is 2.84. The van der Waals surface area contributed by atoms with Crippen LogP contribution < -0.4 is 14.4 Å². The summed E-state index contributed by atoms with van der Waals surface area (Å²) in [7, 11) is 3.29. The molecule has 1 aromatic heterocycles. The van der Waals surface area contributed by atoms with Crippen molar-refractivity contribution in [2.75, 3.05) is 32.2 Å². The topological polar surface area (TPSA) is 34.6 Å². The molecule has 0 spiro atoms. The SMILES string of the molecule is COc1c[c-]c(-c2cc(N3CCCCC3)ccn2)c(OC)c1.[Ir]. The number of rotatable bonds is 4. The number of nitrogens with zero attached hydrogens (tertiary/aromatic N) is 2. The van der Waals surface area contributed by atoms with Gasteiger partial charge in [-0.2, -0.15) is 0 Å². The van der Waals surface area contributed by atoms with Crippen molar-refractivity contribution in [3.05, 3.63) is 36.5 Å². The zero-order chi connectivity index (χ0) is 15.4. The van der Waals surface area contributed by atoms with Gasteiger partial charge in [-0.15, -0.1) is 12.1 Å². The normalized spacial score (nSPS) is 14.1. The van der Waals surface area contributed by atoms with Crippen LogP contribution >= 0.6 is 0 Å². The van der Waals surface area contributed by atoms with Gasteiger partial charge in [0.1, 0.15) is 0 Å². The van der Waals surface area contributed by atoms with Crippen LogP contribution in [0, 0.1) is 6.07 Å². The Bertz CT molecular complexity index is 643. The average Bonchev–Trinajstić information content (AvgIpc) is 2.62. The summed E-state index contributed by atoms with van der Waals surface area (Å²) >= 11 is 0. The number of methoxy groups -OCH3 is 2. The Morgan fingerprint density at radius 1 is 1.09 bits per heavy atom. The Morgan fingerprint density at radius 3 is 2.57 bits per heavy atom. The molecular formula is C18H21IrN2O2-. The van der Waals surface area contributed by atoms with Crippen LogP contribution in [0.4, 0.5) is 5.69 Å². The van der Waals surface area contributed by atoms with Crippen LogP contribution in [-0.2, 0) is 20.1 Å². The fourth-order valence-corrected chi connectivity index (χ4v) is 2.84. The molecule has 1 aliphatic heterocycles. The van der Waals surface area contributed by atoms with Gasteiger partial charge in [-0.3, -0.25) is 0 Å². The summed E-state index contributed by atoms with van der Waals surface area (Å²) in [5.41, 5.74) is 2.96. The van der Waals surface area contributed by atoms with Gasteiger partial charge in [0.2, 0.25) is 0 Å². The summed E-state index contributed by atoms with van der Waals surface area (Å²) in [6.45, 7) is 2.24.